The van der Waals surface area contributed by atoms with E-state index in [9.17, 15) is 4.79 Å². The van der Waals surface area contributed by atoms with Crippen LogP contribution in [0.5, 0.6) is 11.5 Å². The quantitative estimate of drug-likeness (QED) is 0.720. The number of ether oxygens (including phenoxy) is 3. The summed E-state index contributed by atoms with van der Waals surface area (Å²) in [5.74, 6) is 1.06. The number of hydrogen-bond acceptors (Lipinski definition) is 5. The van der Waals surface area contributed by atoms with Crippen LogP contribution in [0.25, 0.3) is 0 Å². The largest absolute Gasteiger partial charge is 0.486 e. The second-order valence-corrected chi connectivity index (χ2v) is 3.95. The molecule has 0 aliphatic carbocycles. The average Bonchev–Trinajstić information content (AvgIpc) is 2.46. The molecular weight excluding hydrogens is 250 g/mol. The van der Waals surface area contributed by atoms with Gasteiger partial charge in [0.15, 0.2) is 11.5 Å². The van der Waals surface area contributed by atoms with Crippen molar-refractivity contribution in [2.24, 2.45) is 0 Å². The SMILES string of the molecule is O=C(NCCOCCO)c1ccc2c(c1)OCCO2. The van der Waals surface area contributed by atoms with Crippen LogP contribution in [0.3, 0.4) is 0 Å². The molecule has 2 rings (SSSR count). The summed E-state index contributed by atoms with van der Waals surface area (Å²) in [6, 6.07) is 5.08. The Labute approximate surface area is 111 Å². The van der Waals surface area contributed by atoms with E-state index in [-0.39, 0.29) is 19.1 Å². The fourth-order valence-corrected chi connectivity index (χ4v) is 1.69. The van der Waals surface area contributed by atoms with Gasteiger partial charge in [0.05, 0.1) is 19.8 Å². The van der Waals surface area contributed by atoms with Gasteiger partial charge in [-0.25, -0.2) is 0 Å². The van der Waals surface area contributed by atoms with Crippen LogP contribution in [0, 0.1) is 0 Å². The third kappa shape index (κ3) is 3.84. The number of nitrogens with one attached hydrogen (secondary N) is 1. The summed E-state index contributed by atoms with van der Waals surface area (Å²) in [6.45, 7) is 2.05. The summed E-state index contributed by atoms with van der Waals surface area (Å²) in [5, 5.41) is 11.2. The van der Waals surface area contributed by atoms with Crippen molar-refractivity contribution < 1.29 is 24.1 Å². The van der Waals surface area contributed by atoms with Crippen LogP contribution in [0.2, 0.25) is 0 Å². The summed E-state index contributed by atoms with van der Waals surface area (Å²) in [7, 11) is 0. The minimum atomic E-state index is -0.190. The van der Waals surface area contributed by atoms with Crippen LogP contribution in [0.1, 0.15) is 10.4 Å². The summed E-state index contributed by atoms with van der Waals surface area (Å²) in [5.41, 5.74) is 0.520. The lowest BCUT2D eigenvalue weighted by Gasteiger charge is -2.18. The molecule has 6 heteroatoms. The molecule has 0 unspecified atom stereocenters. The molecule has 2 N–H and O–H groups in total. The Morgan fingerprint density at radius 3 is 2.84 bits per heavy atom. The first kappa shape index (κ1) is 13.6. The zero-order valence-electron chi connectivity index (χ0n) is 10.6. The highest BCUT2D eigenvalue weighted by molar-refractivity contribution is 5.94. The third-order valence-electron chi connectivity index (χ3n) is 2.57. The van der Waals surface area contributed by atoms with Crippen LogP contribution < -0.4 is 14.8 Å². The molecule has 0 spiro atoms. The number of fused-ring (bicyclic) bond motifs is 1. The Bertz CT molecular complexity index is 435. The van der Waals surface area contributed by atoms with Crippen LogP contribution in [0.4, 0.5) is 0 Å². The molecular formula is C13H17NO5. The standard InChI is InChI=1S/C13H17NO5/c15-4-6-17-5-3-14-13(16)10-1-2-11-12(9-10)19-8-7-18-11/h1-2,9,15H,3-8H2,(H,14,16). The van der Waals surface area contributed by atoms with Gasteiger partial charge in [-0.3, -0.25) is 4.79 Å². The van der Waals surface area contributed by atoms with Crippen molar-refractivity contribution in [3.05, 3.63) is 23.8 Å². The molecule has 1 aliphatic rings. The summed E-state index contributed by atoms with van der Waals surface area (Å²) in [4.78, 5) is 11.9. The van der Waals surface area contributed by atoms with Gasteiger partial charge in [0.2, 0.25) is 0 Å². The zero-order valence-corrected chi connectivity index (χ0v) is 10.6. The number of carbonyl (C=O) groups is 1. The van der Waals surface area contributed by atoms with Gasteiger partial charge in [0.25, 0.3) is 5.91 Å². The maximum atomic E-state index is 11.9. The molecule has 19 heavy (non-hydrogen) atoms. The molecule has 1 heterocycles. The monoisotopic (exact) mass is 267 g/mol. The number of carbonyl (C=O) groups excluding carboxylic acids is 1. The van der Waals surface area contributed by atoms with Crippen LogP contribution >= 0.6 is 0 Å². The van der Waals surface area contributed by atoms with E-state index in [2.05, 4.69) is 5.32 Å². The molecule has 0 fully saturated rings. The average molecular weight is 267 g/mol. The van der Waals surface area contributed by atoms with Crippen LogP contribution in [0.15, 0.2) is 18.2 Å². The first-order valence-electron chi connectivity index (χ1n) is 6.17. The Kier molecular flexibility index (Phi) is 5.00. The smallest absolute Gasteiger partial charge is 0.251 e. The fourth-order valence-electron chi connectivity index (χ4n) is 1.69. The van der Waals surface area contributed by atoms with Gasteiger partial charge in [-0.15, -0.1) is 0 Å². The van der Waals surface area contributed by atoms with Crippen molar-refractivity contribution in [3.63, 3.8) is 0 Å². The van der Waals surface area contributed by atoms with Crippen molar-refractivity contribution >= 4 is 5.91 Å². The van der Waals surface area contributed by atoms with Gasteiger partial charge in [0, 0.05) is 12.1 Å². The van der Waals surface area contributed by atoms with Crippen LogP contribution in [-0.2, 0) is 4.74 Å². The van der Waals surface area contributed by atoms with Crippen molar-refractivity contribution in [1.29, 1.82) is 0 Å². The van der Waals surface area contributed by atoms with E-state index in [0.717, 1.165) is 0 Å². The summed E-state index contributed by atoms with van der Waals surface area (Å²) < 4.78 is 15.8. The Morgan fingerprint density at radius 2 is 2.05 bits per heavy atom. The number of aliphatic hydroxyl groups excluding tert-OH is 1. The van der Waals surface area contributed by atoms with Gasteiger partial charge in [0.1, 0.15) is 13.2 Å². The lowest BCUT2D eigenvalue weighted by atomic mass is 10.2. The first-order chi connectivity index (χ1) is 9.31. The Balaban J connectivity index is 1.85. The molecule has 0 radical (unpaired) electrons. The predicted molar refractivity (Wildman–Crippen MR) is 67.7 cm³/mol. The van der Waals surface area contributed by atoms with E-state index in [4.69, 9.17) is 19.3 Å². The molecule has 1 amide bonds. The lowest BCUT2D eigenvalue weighted by Crippen LogP contribution is -2.27. The van der Waals surface area contributed by atoms with Gasteiger partial charge in [-0.1, -0.05) is 0 Å². The third-order valence-corrected chi connectivity index (χ3v) is 2.57. The fraction of sp³-hybridized carbons (Fsp3) is 0.462. The van der Waals surface area contributed by atoms with E-state index < -0.39 is 0 Å². The van der Waals surface area contributed by atoms with Gasteiger partial charge >= 0.3 is 0 Å². The number of benzene rings is 1. The van der Waals surface area contributed by atoms with Crippen molar-refractivity contribution in [2.75, 3.05) is 39.6 Å². The van der Waals surface area contributed by atoms with Crippen LogP contribution in [-0.4, -0.2) is 50.6 Å². The number of amides is 1. The van der Waals surface area contributed by atoms with E-state index in [1.165, 1.54) is 0 Å². The molecule has 104 valence electrons. The highest BCUT2D eigenvalue weighted by Gasteiger charge is 2.14. The zero-order chi connectivity index (χ0) is 13.5. The summed E-state index contributed by atoms with van der Waals surface area (Å²) in [6.07, 6.45) is 0. The predicted octanol–water partition coefficient (Wildman–Crippen LogP) is 0.196. The molecule has 1 aromatic carbocycles. The minimum absolute atomic E-state index is 0.0178. The topological polar surface area (TPSA) is 77.0 Å². The summed E-state index contributed by atoms with van der Waals surface area (Å²) >= 11 is 0. The van der Waals surface area contributed by atoms with Gasteiger partial charge in [-0.2, -0.15) is 0 Å². The van der Waals surface area contributed by atoms with E-state index in [1.54, 1.807) is 18.2 Å². The number of hydrogen-bond donors (Lipinski definition) is 2. The lowest BCUT2D eigenvalue weighted by molar-refractivity contribution is 0.0837. The molecule has 1 aromatic rings. The number of aliphatic hydroxyl groups is 1. The van der Waals surface area contributed by atoms with Crippen molar-refractivity contribution in [3.8, 4) is 11.5 Å². The van der Waals surface area contributed by atoms with Crippen molar-refractivity contribution in [1.82, 2.24) is 5.32 Å². The van der Waals surface area contributed by atoms with E-state index >= 15 is 0 Å². The van der Waals surface area contributed by atoms with Gasteiger partial charge in [-0.05, 0) is 18.2 Å². The minimum Gasteiger partial charge on any atom is -0.486 e. The van der Waals surface area contributed by atoms with Gasteiger partial charge < -0.3 is 24.6 Å². The molecule has 0 atom stereocenters. The first-order valence-corrected chi connectivity index (χ1v) is 6.17. The maximum absolute atomic E-state index is 11.9. The second-order valence-electron chi connectivity index (χ2n) is 3.95. The molecule has 1 aliphatic heterocycles. The molecule has 0 bridgehead atoms. The van der Waals surface area contributed by atoms with Crippen molar-refractivity contribution in [2.45, 2.75) is 0 Å². The maximum Gasteiger partial charge on any atom is 0.251 e. The highest BCUT2D eigenvalue weighted by Crippen LogP contribution is 2.30. The highest BCUT2D eigenvalue weighted by atomic mass is 16.6. The Morgan fingerprint density at radius 1 is 1.26 bits per heavy atom. The normalized spacial score (nSPS) is 13.1. The van der Waals surface area contributed by atoms with E-state index in [1.807, 2.05) is 0 Å². The second kappa shape index (κ2) is 6.96. The van der Waals surface area contributed by atoms with E-state index in [0.29, 0.717) is 43.4 Å². The molecule has 0 saturated heterocycles. The molecule has 0 aromatic heterocycles. The Hall–Kier alpha value is -1.79. The molecule has 0 saturated carbocycles. The number of rotatable bonds is 6. The molecule has 6 nitrogen and oxygen atoms in total.